The standard InChI is InChI=1S/C23H25FN4O3/c1-28(13-18-8-14-7-17(24)5-6-19(14)26-18)12-16-11-25-27-22(16)15-9-20(29-2)23(31-4)21(10-15)30-3/h5-11,26H,12-13H2,1-4H3,(H,25,27). The van der Waals surface area contributed by atoms with Crippen molar-refractivity contribution in [2.45, 2.75) is 13.1 Å². The summed E-state index contributed by atoms with van der Waals surface area (Å²) in [5, 5.41) is 8.19. The molecule has 4 aromatic rings. The fourth-order valence-corrected chi connectivity index (χ4v) is 3.79. The third kappa shape index (κ3) is 4.20. The molecule has 0 amide bonds. The Bertz CT molecular complexity index is 1180. The van der Waals surface area contributed by atoms with Crippen LogP contribution < -0.4 is 14.2 Å². The molecule has 31 heavy (non-hydrogen) atoms. The van der Waals surface area contributed by atoms with Crippen LogP contribution in [0.25, 0.3) is 22.2 Å². The molecule has 0 saturated carbocycles. The second-order valence-electron chi connectivity index (χ2n) is 7.38. The van der Waals surface area contributed by atoms with Gasteiger partial charge in [0.25, 0.3) is 0 Å². The van der Waals surface area contributed by atoms with Crippen LogP contribution in [0.15, 0.2) is 42.6 Å². The van der Waals surface area contributed by atoms with Crippen molar-refractivity contribution < 1.29 is 18.6 Å². The molecule has 0 aliphatic carbocycles. The first-order valence-electron chi connectivity index (χ1n) is 9.80. The Morgan fingerprint density at radius 1 is 0.968 bits per heavy atom. The van der Waals surface area contributed by atoms with Gasteiger partial charge in [0.2, 0.25) is 5.75 Å². The van der Waals surface area contributed by atoms with E-state index in [1.165, 1.54) is 12.1 Å². The van der Waals surface area contributed by atoms with Crippen LogP contribution in [0.5, 0.6) is 17.2 Å². The molecule has 2 aromatic carbocycles. The minimum Gasteiger partial charge on any atom is -0.493 e. The smallest absolute Gasteiger partial charge is 0.203 e. The molecule has 0 atom stereocenters. The van der Waals surface area contributed by atoms with Crippen molar-refractivity contribution in [1.82, 2.24) is 20.1 Å². The summed E-state index contributed by atoms with van der Waals surface area (Å²) in [7, 11) is 6.79. The summed E-state index contributed by atoms with van der Waals surface area (Å²) < 4.78 is 29.8. The topological polar surface area (TPSA) is 75.4 Å². The second-order valence-corrected chi connectivity index (χ2v) is 7.38. The number of nitrogens with zero attached hydrogens (tertiary/aromatic N) is 2. The highest BCUT2D eigenvalue weighted by Gasteiger charge is 2.18. The Labute approximate surface area is 179 Å². The normalized spacial score (nSPS) is 11.3. The third-order valence-electron chi connectivity index (χ3n) is 5.19. The van der Waals surface area contributed by atoms with Gasteiger partial charge in [0.05, 0.1) is 33.2 Å². The van der Waals surface area contributed by atoms with Gasteiger partial charge in [-0.2, -0.15) is 5.10 Å². The van der Waals surface area contributed by atoms with Crippen LogP contribution in [0.1, 0.15) is 11.3 Å². The van der Waals surface area contributed by atoms with E-state index in [2.05, 4.69) is 20.1 Å². The van der Waals surface area contributed by atoms with Gasteiger partial charge in [0, 0.05) is 40.8 Å². The van der Waals surface area contributed by atoms with Crippen molar-refractivity contribution in [2.24, 2.45) is 0 Å². The Balaban J connectivity index is 1.56. The molecule has 0 saturated heterocycles. The van der Waals surface area contributed by atoms with Gasteiger partial charge in [-0.15, -0.1) is 0 Å². The number of benzene rings is 2. The first kappa shape index (κ1) is 20.7. The number of aromatic nitrogens is 3. The molecule has 0 spiro atoms. The summed E-state index contributed by atoms with van der Waals surface area (Å²) in [6.07, 6.45) is 1.82. The molecule has 162 valence electrons. The van der Waals surface area contributed by atoms with Crippen molar-refractivity contribution in [2.75, 3.05) is 28.4 Å². The maximum Gasteiger partial charge on any atom is 0.203 e. The molecular formula is C23H25FN4O3. The number of nitrogens with one attached hydrogen (secondary N) is 2. The van der Waals surface area contributed by atoms with Crippen LogP contribution in [0.2, 0.25) is 0 Å². The van der Waals surface area contributed by atoms with E-state index in [1.807, 2.05) is 31.4 Å². The molecule has 4 rings (SSSR count). The van der Waals surface area contributed by atoms with Gasteiger partial charge >= 0.3 is 0 Å². The first-order chi connectivity index (χ1) is 15.0. The predicted octanol–water partition coefficient (Wildman–Crippen LogP) is 4.35. The second kappa shape index (κ2) is 8.69. The van der Waals surface area contributed by atoms with Crippen LogP contribution in [-0.2, 0) is 13.1 Å². The van der Waals surface area contributed by atoms with E-state index in [4.69, 9.17) is 14.2 Å². The molecule has 0 aliphatic heterocycles. The molecule has 0 radical (unpaired) electrons. The predicted molar refractivity (Wildman–Crippen MR) is 117 cm³/mol. The third-order valence-corrected chi connectivity index (χ3v) is 5.19. The van der Waals surface area contributed by atoms with Crippen LogP contribution in [0, 0.1) is 5.82 Å². The number of hydrogen-bond donors (Lipinski definition) is 2. The summed E-state index contributed by atoms with van der Waals surface area (Å²) in [6, 6.07) is 10.5. The number of methoxy groups -OCH3 is 3. The lowest BCUT2D eigenvalue weighted by molar-refractivity contribution is 0.316. The SMILES string of the molecule is COc1cc(-c2[nH]ncc2CN(C)Cc2cc3cc(F)ccc3[nH]2)cc(OC)c1OC. The van der Waals surface area contributed by atoms with E-state index in [9.17, 15) is 4.39 Å². The molecule has 2 heterocycles. The molecule has 0 bridgehead atoms. The van der Waals surface area contributed by atoms with Crippen LogP contribution >= 0.6 is 0 Å². The van der Waals surface area contributed by atoms with Gasteiger partial charge in [-0.25, -0.2) is 4.39 Å². The van der Waals surface area contributed by atoms with Gasteiger partial charge in [0.1, 0.15) is 5.82 Å². The lowest BCUT2D eigenvalue weighted by atomic mass is 10.1. The number of fused-ring (bicyclic) bond motifs is 1. The Morgan fingerprint density at radius 2 is 1.71 bits per heavy atom. The minimum atomic E-state index is -0.236. The molecule has 2 aromatic heterocycles. The highest BCUT2D eigenvalue weighted by Crippen LogP contribution is 2.41. The molecule has 2 N–H and O–H groups in total. The average Bonchev–Trinajstić information content (AvgIpc) is 3.38. The lowest BCUT2D eigenvalue weighted by Gasteiger charge is -2.17. The van der Waals surface area contributed by atoms with Gasteiger partial charge in [-0.1, -0.05) is 0 Å². The van der Waals surface area contributed by atoms with Crippen LogP contribution in [-0.4, -0.2) is 48.5 Å². The van der Waals surface area contributed by atoms with Crippen molar-refractivity contribution >= 4 is 10.9 Å². The number of ether oxygens (including phenoxy) is 3. The number of hydrogen-bond acceptors (Lipinski definition) is 5. The lowest BCUT2D eigenvalue weighted by Crippen LogP contribution is -2.17. The quantitative estimate of drug-likeness (QED) is 0.440. The zero-order valence-corrected chi connectivity index (χ0v) is 18.0. The number of halogens is 1. The van der Waals surface area contributed by atoms with Crippen molar-refractivity contribution in [3.63, 3.8) is 0 Å². The van der Waals surface area contributed by atoms with Gasteiger partial charge in [-0.05, 0) is 43.4 Å². The molecule has 7 nitrogen and oxygen atoms in total. The number of aromatic amines is 2. The summed E-state index contributed by atoms with van der Waals surface area (Å²) in [4.78, 5) is 5.50. The zero-order valence-electron chi connectivity index (χ0n) is 18.0. The Morgan fingerprint density at radius 3 is 2.39 bits per heavy atom. The van der Waals surface area contributed by atoms with Gasteiger partial charge < -0.3 is 19.2 Å². The highest BCUT2D eigenvalue weighted by atomic mass is 19.1. The zero-order chi connectivity index (χ0) is 22.0. The molecular weight excluding hydrogens is 399 g/mol. The monoisotopic (exact) mass is 424 g/mol. The van der Waals surface area contributed by atoms with Gasteiger partial charge in [-0.3, -0.25) is 10.00 Å². The van der Waals surface area contributed by atoms with Gasteiger partial charge in [0.15, 0.2) is 11.5 Å². The van der Waals surface area contributed by atoms with E-state index in [0.717, 1.165) is 33.4 Å². The Kier molecular flexibility index (Phi) is 5.81. The molecule has 0 fully saturated rings. The first-order valence-corrected chi connectivity index (χ1v) is 9.80. The maximum absolute atomic E-state index is 13.5. The fourth-order valence-electron chi connectivity index (χ4n) is 3.79. The van der Waals surface area contributed by atoms with Crippen molar-refractivity contribution in [3.05, 3.63) is 59.7 Å². The maximum atomic E-state index is 13.5. The molecule has 8 heteroatoms. The summed E-state index contributed by atoms with van der Waals surface area (Å²) in [5.41, 5.74) is 4.73. The number of H-pyrrole nitrogens is 2. The van der Waals surface area contributed by atoms with Crippen molar-refractivity contribution in [3.8, 4) is 28.5 Å². The van der Waals surface area contributed by atoms with Crippen LogP contribution in [0.3, 0.4) is 0 Å². The minimum absolute atomic E-state index is 0.236. The van der Waals surface area contributed by atoms with E-state index in [1.54, 1.807) is 27.4 Å². The average molecular weight is 424 g/mol. The Hall–Kier alpha value is -3.52. The summed E-state index contributed by atoms with van der Waals surface area (Å²) in [6.45, 7) is 1.34. The van der Waals surface area contributed by atoms with Crippen molar-refractivity contribution in [1.29, 1.82) is 0 Å². The molecule has 0 aliphatic rings. The van der Waals surface area contributed by atoms with E-state index >= 15 is 0 Å². The van der Waals surface area contributed by atoms with Crippen LogP contribution in [0.4, 0.5) is 4.39 Å². The largest absolute Gasteiger partial charge is 0.493 e. The highest BCUT2D eigenvalue weighted by molar-refractivity contribution is 5.80. The van der Waals surface area contributed by atoms with E-state index < -0.39 is 0 Å². The summed E-state index contributed by atoms with van der Waals surface area (Å²) in [5.74, 6) is 1.47. The molecule has 0 unspecified atom stereocenters. The van der Waals surface area contributed by atoms with E-state index in [-0.39, 0.29) is 5.82 Å². The fraction of sp³-hybridized carbons (Fsp3) is 0.261. The van der Waals surface area contributed by atoms with E-state index in [0.29, 0.717) is 30.3 Å². The number of rotatable bonds is 8. The summed E-state index contributed by atoms with van der Waals surface area (Å²) >= 11 is 0.